The monoisotopic (exact) mass is 422 g/mol. The van der Waals surface area contributed by atoms with Crippen LogP contribution in [0.1, 0.15) is 44.9 Å². The zero-order chi connectivity index (χ0) is 20.7. The van der Waals surface area contributed by atoms with Gasteiger partial charge in [0.05, 0.1) is 11.9 Å². The van der Waals surface area contributed by atoms with Gasteiger partial charge in [0.25, 0.3) is 0 Å². The van der Waals surface area contributed by atoms with Crippen molar-refractivity contribution >= 4 is 21.6 Å². The average Bonchev–Trinajstić information content (AvgIpc) is 2.71. The van der Waals surface area contributed by atoms with Crippen molar-refractivity contribution in [1.82, 2.24) is 5.32 Å². The Hall–Kier alpha value is -2.22. The molecule has 1 heterocycles. The lowest BCUT2D eigenvalue weighted by atomic mass is 9.97. The molecule has 0 radical (unpaired) electrons. The highest BCUT2D eigenvalue weighted by molar-refractivity contribution is 7.92. The number of ether oxygens (including phenoxy) is 2. The quantitative estimate of drug-likeness (QED) is 0.619. The van der Waals surface area contributed by atoms with Crippen LogP contribution in [-0.4, -0.2) is 46.9 Å². The van der Waals surface area contributed by atoms with Crippen LogP contribution < -0.4 is 19.1 Å². The Kier molecular flexibility index (Phi) is 7.41. The van der Waals surface area contributed by atoms with Gasteiger partial charge in [-0.2, -0.15) is 0 Å². The summed E-state index contributed by atoms with van der Waals surface area (Å²) in [5, 5.41) is 2.94. The van der Waals surface area contributed by atoms with Crippen molar-refractivity contribution in [3.63, 3.8) is 0 Å². The lowest BCUT2D eigenvalue weighted by molar-refractivity contribution is -0.121. The van der Waals surface area contributed by atoms with Crippen molar-refractivity contribution in [3.05, 3.63) is 29.8 Å². The Morgan fingerprint density at radius 3 is 2.69 bits per heavy atom. The fraction of sp³-hybridized carbons (Fsp3) is 0.571. The Balaban J connectivity index is 1.49. The number of anilines is 1. The van der Waals surface area contributed by atoms with Gasteiger partial charge in [-0.1, -0.05) is 11.6 Å². The molecule has 1 aliphatic heterocycles. The standard InChI is InChI=1S/C21H30N2O5S/c1-29(25,26)23(18-9-10-19-20(16-18)28-15-14-27-19)13-5-8-21(24)22-12-11-17-6-3-2-4-7-17/h6,9-10,16H,2-5,7-8,11-15H2,1H3,(H,22,24). The van der Waals surface area contributed by atoms with Crippen molar-refractivity contribution < 1.29 is 22.7 Å². The first-order valence-corrected chi connectivity index (χ1v) is 12.1. The second-order valence-corrected chi connectivity index (χ2v) is 9.38. The SMILES string of the molecule is CS(=O)(=O)N(CCCC(=O)NCCC1=CCCCC1)c1ccc2c(c1)OCCO2. The molecule has 1 aliphatic carbocycles. The van der Waals surface area contributed by atoms with Gasteiger partial charge < -0.3 is 14.8 Å². The Bertz CT molecular complexity index is 851. The van der Waals surface area contributed by atoms with Crippen LogP contribution in [0.4, 0.5) is 5.69 Å². The molecule has 0 aromatic heterocycles. The summed E-state index contributed by atoms with van der Waals surface area (Å²) in [7, 11) is -3.48. The van der Waals surface area contributed by atoms with E-state index in [1.54, 1.807) is 18.2 Å². The number of sulfonamides is 1. The first-order chi connectivity index (χ1) is 13.9. The minimum absolute atomic E-state index is 0.0444. The number of nitrogens with one attached hydrogen (secondary N) is 1. The van der Waals surface area contributed by atoms with Crippen LogP contribution >= 0.6 is 0 Å². The van der Waals surface area contributed by atoms with Gasteiger partial charge >= 0.3 is 0 Å². The molecule has 1 aromatic rings. The topological polar surface area (TPSA) is 84.9 Å². The molecule has 0 unspecified atom stereocenters. The minimum Gasteiger partial charge on any atom is -0.486 e. The maximum absolute atomic E-state index is 12.3. The van der Waals surface area contributed by atoms with Crippen molar-refractivity contribution in [3.8, 4) is 11.5 Å². The van der Waals surface area contributed by atoms with Crippen LogP contribution in [0.25, 0.3) is 0 Å². The van der Waals surface area contributed by atoms with E-state index in [1.165, 1.54) is 29.0 Å². The summed E-state index contributed by atoms with van der Waals surface area (Å²) >= 11 is 0. The van der Waals surface area contributed by atoms with Gasteiger partial charge in [-0.3, -0.25) is 9.10 Å². The number of rotatable bonds is 9. The van der Waals surface area contributed by atoms with E-state index >= 15 is 0 Å². The lowest BCUT2D eigenvalue weighted by Gasteiger charge is -2.25. The number of hydrogen-bond acceptors (Lipinski definition) is 5. The third-order valence-corrected chi connectivity index (χ3v) is 6.33. The van der Waals surface area contributed by atoms with Crippen LogP contribution in [0.2, 0.25) is 0 Å². The third kappa shape index (κ3) is 6.39. The van der Waals surface area contributed by atoms with E-state index < -0.39 is 10.0 Å². The molecule has 0 fully saturated rings. The summed E-state index contributed by atoms with van der Waals surface area (Å²) in [5.41, 5.74) is 1.94. The number of carbonyl (C=O) groups is 1. The van der Waals surface area contributed by atoms with Gasteiger partial charge in [-0.15, -0.1) is 0 Å². The summed E-state index contributed by atoms with van der Waals surface area (Å²) < 4.78 is 36.9. The maximum atomic E-state index is 12.3. The summed E-state index contributed by atoms with van der Waals surface area (Å²) in [6.45, 7) is 1.79. The summed E-state index contributed by atoms with van der Waals surface area (Å²) in [5.74, 6) is 1.11. The van der Waals surface area contributed by atoms with Crippen molar-refractivity contribution in [2.45, 2.75) is 44.9 Å². The molecule has 3 rings (SSSR count). The third-order valence-electron chi connectivity index (χ3n) is 5.13. The molecular weight excluding hydrogens is 392 g/mol. The number of carbonyl (C=O) groups excluding carboxylic acids is 1. The molecule has 0 saturated heterocycles. The highest BCUT2D eigenvalue weighted by Crippen LogP contribution is 2.34. The van der Waals surface area contributed by atoms with E-state index in [2.05, 4.69) is 11.4 Å². The van der Waals surface area contributed by atoms with E-state index in [9.17, 15) is 13.2 Å². The Morgan fingerprint density at radius 2 is 1.97 bits per heavy atom. The highest BCUT2D eigenvalue weighted by Gasteiger charge is 2.21. The molecule has 0 atom stereocenters. The highest BCUT2D eigenvalue weighted by atomic mass is 32.2. The van der Waals surface area contributed by atoms with E-state index in [0.29, 0.717) is 43.4 Å². The second kappa shape index (κ2) is 10.0. The first kappa shape index (κ1) is 21.5. The van der Waals surface area contributed by atoms with Crippen LogP contribution in [0.5, 0.6) is 11.5 Å². The largest absolute Gasteiger partial charge is 0.486 e. The fourth-order valence-corrected chi connectivity index (χ4v) is 4.60. The molecule has 160 valence electrons. The molecule has 1 aromatic carbocycles. The summed E-state index contributed by atoms with van der Waals surface area (Å²) in [6, 6.07) is 5.09. The molecular formula is C21H30N2O5S. The van der Waals surface area contributed by atoms with Gasteiger partial charge in [-0.05, 0) is 50.7 Å². The van der Waals surface area contributed by atoms with Crippen LogP contribution in [0.15, 0.2) is 29.8 Å². The molecule has 0 spiro atoms. The molecule has 1 N–H and O–H groups in total. The summed E-state index contributed by atoms with van der Waals surface area (Å²) in [6.07, 6.45) is 9.86. The van der Waals surface area contributed by atoms with Crippen molar-refractivity contribution in [2.24, 2.45) is 0 Å². The Labute approximate surface area is 173 Å². The number of amides is 1. The van der Waals surface area contributed by atoms with E-state index in [1.807, 2.05) is 0 Å². The Morgan fingerprint density at radius 1 is 1.17 bits per heavy atom. The molecule has 0 bridgehead atoms. The van der Waals surface area contributed by atoms with Gasteiger partial charge in [0.15, 0.2) is 11.5 Å². The molecule has 8 heteroatoms. The van der Waals surface area contributed by atoms with E-state index in [-0.39, 0.29) is 18.9 Å². The molecule has 7 nitrogen and oxygen atoms in total. The number of fused-ring (bicyclic) bond motifs is 1. The number of allylic oxidation sites excluding steroid dienone is 1. The van der Waals surface area contributed by atoms with Crippen LogP contribution in [0.3, 0.4) is 0 Å². The zero-order valence-corrected chi connectivity index (χ0v) is 17.8. The smallest absolute Gasteiger partial charge is 0.232 e. The van der Waals surface area contributed by atoms with Gasteiger partial charge in [0.1, 0.15) is 13.2 Å². The molecule has 2 aliphatic rings. The minimum atomic E-state index is -3.48. The molecule has 0 saturated carbocycles. The van der Waals surface area contributed by atoms with Crippen LogP contribution in [0, 0.1) is 0 Å². The van der Waals surface area contributed by atoms with Crippen molar-refractivity contribution in [2.75, 3.05) is 36.9 Å². The van der Waals surface area contributed by atoms with Gasteiger partial charge in [-0.25, -0.2) is 8.42 Å². The second-order valence-electron chi connectivity index (χ2n) is 7.47. The summed E-state index contributed by atoms with van der Waals surface area (Å²) in [4.78, 5) is 12.1. The molecule has 1 amide bonds. The molecule has 29 heavy (non-hydrogen) atoms. The van der Waals surface area contributed by atoms with Crippen molar-refractivity contribution in [1.29, 1.82) is 0 Å². The van der Waals surface area contributed by atoms with E-state index in [4.69, 9.17) is 9.47 Å². The van der Waals surface area contributed by atoms with Gasteiger partial charge in [0, 0.05) is 25.6 Å². The lowest BCUT2D eigenvalue weighted by Crippen LogP contribution is -2.32. The first-order valence-electron chi connectivity index (χ1n) is 10.3. The zero-order valence-electron chi connectivity index (χ0n) is 17.0. The fourth-order valence-electron chi connectivity index (χ4n) is 3.64. The predicted molar refractivity (Wildman–Crippen MR) is 113 cm³/mol. The number of hydrogen-bond donors (Lipinski definition) is 1. The normalized spacial score (nSPS) is 16.1. The average molecular weight is 423 g/mol. The number of nitrogens with zero attached hydrogens (tertiary/aromatic N) is 1. The van der Waals surface area contributed by atoms with Gasteiger partial charge in [0.2, 0.25) is 15.9 Å². The predicted octanol–water partition coefficient (Wildman–Crippen LogP) is 3.01. The maximum Gasteiger partial charge on any atom is 0.232 e. The van der Waals surface area contributed by atoms with Crippen LogP contribution in [-0.2, 0) is 14.8 Å². The number of benzene rings is 1. The van der Waals surface area contributed by atoms with E-state index in [0.717, 1.165) is 19.3 Å².